The SMILES string of the molecule is CCCN1CC(Oc2ccc(C(=C(CC)C3=CCCC=C3)c3ccc(O)cc3)cc2)C1. The molecular formula is C28H33NO2. The maximum absolute atomic E-state index is 9.80. The van der Waals surface area contributed by atoms with Gasteiger partial charge in [-0.05, 0) is 84.3 Å². The molecule has 4 rings (SSSR count). The number of hydrogen-bond donors (Lipinski definition) is 1. The van der Waals surface area contributed by atoms with Crippen LogP contribution in [0.5, 0.6) is 11.5 Å². The van der Waals surface area contributed by atoms with Gasteiger partial charge >= 0.3 is 0 Å². The van der Waals surface area contributed by atoms with Crippen molar-refractivity contribution >= 4 is 5.57 Å². The fourth-order valence-corrected chi connectivity index (χ4v) is 4.49. The Hall–Kier alpha value is -2.78. The van der Waals surface area contributed by atoms with Gasteiger partial charge in [-0.15, -0.1) is 0 Å². The van der Waals surface area contributed by atoms with Gasteiger partial charge in [0, 0.05) is 13.1 Å². The molecule has 0 spiro atoms. The number of likely N-dealkylation sites (tertiary alicyclic amines) is 1. The van der Waals surface area contributed by atoms with Crippen molar-refractivity contribution in [3.63, 3.8) is 0 Å². The third-order valence-corrected chi connectivity index (χ3v) is 6.06. The molecule has 1 heterocycles. The number of hydrogen-bond acceptors (Lipinski definition) is 3. The van der Waals surface area contributed by atoms with Gasteiger partial charge in [-0.1, -0.05) is 56.3 Å². The Balaban J connectivity index is 1.63. The summed E-state index contributed by atoms with van der Waals surface area (Å²) in [5, 5.41) is 9.80. The fraction of sp³-hybridized carbons (Fsp3) is 0.357. The fourth-order valence-electron chi connectivity index (χ4n) is 4.49. The second-order valence-corrected chi connectivity index (χ2v) is 8.42. The number of rotatable bonds is 8. The van der Waals surface area contributed by atoms with Crippen molar-refractivity contribution in [1.82, 2.24) is 4.90 Å². The summed E-state index contributed by atoms with van der Waals surface area (Å²) in [5.41, 5.74) is 6.17. The molecule has 1 saturated heterocycles. The Bertz CT molecular complexity index is 961. The van der Waals surface area contributed by atoms with E-state index in [1.165, 1.54) is 28.7 Å². The number of benzene rings is 2. The van der Waals surface area contributed by atoms with E-state index in [0.717, 1.165) is 50.2 Å². The van der Waals surface area contributed by atoms with Gasteiger partial charge in [-0.25, -0.2) is 0 Å². The Morgan fingerprint density at radius 3 is 2.23 bits per heavy atom. The van der Waals surface area contributed by atoms with E-state index < -0.39 is 0 Å². The predicted molar refractivity (Wildman–Crippen MR) is 128 cm³/mol. The highest BCUT2D eigenvalue weighted by molar-refractivity contribution is 5.85. The summed E-state index contributed by atoms with van der Waals surface area (Å²) >= 11 is 0. The van der Waals surface area contributed by atoms with Gasteiger partial charge in [0.2, 0.25) is 0 Å². The highest BCUT2D eigenvalue weighted by atomic mass is 16.5. The van der Waals surface area contributed by atoms with Gasteiger partial charge in [0.15, 0.2) is 0 Å². The van der Waals surface area contributed by atoms with Gasteiger partial charge in [-0.2, -0.15) is 0 Å². The topological polar surface area (TPSA) is 32.7 Å². The van der Waals surface area contributed by atoms with Crippen molar-refractivity contribution in [3.05, 3.63) is 89.0 Å². The van der Waals surface area contributed by atoms with Crippen LogP contribution in [0.2, 0.25) is 0 Å². The first-order valence-electron chi connectivity index (χ1n) is 11.6. The second-order valence-electron chi connectivity index (χ2n) is 8.42. The van der Waals surface area contributed by atoms with Crippen LogP contribution in [-0.4, -0.2) is 35.7 Å². The standard InChI is InChI=1S/C28H33NO2/c1-3-18-29-19-26(20-29)31-25-16-12-23(13-17-25)28(22-10-14-24(30)15-11-22)27(4-2)21-8-6-5-7-9-21/h6,8-17,26,30H,3-5,7,18-20H2,1-2H3. The van der Waals surface area contributed by atoms with Crippen LogP contribution < -0.4 is 4.74 Å². The van der Waals surface area contributed by atoms with Crippen molar-refractivity contribution < 1.29 is 9.84 Å². The first-order valence-corrected chi connectivity index (χ1v) is 11.6. The van der Waals surface area contributed by atoms with E-state index in [9.17, 15) is 5.11 Å². The number of phenols is 1. The van der Waals surface area contributed by atoms with E-state index in [1.807, 2.05) is 12.1 Å². The molecule has 1 aliphatic carbocycles. The van der Waals surface area contributed by atoms with Gasteiger partial charge in [0.1, 0.15) is 17.6 Å². The number of nitrogens with zero attached hydrogens (tertiary/aromatic N) is 1. The van der Waals surface area contributed by atoms with Crippen LogP contribution in [0.1, 0.15) is 50.7 Å². The molecule has 0 unspecified atom stereocenters. The monoisotopic (exact) mass is 415 g/mol. The lowest BCUT2D eigenvalue weighted by Gasteiger charge is -2.38. The summed E-state index contributed by atoms with van der Waals surface area (Å²) in [5.74, 6) is 1.23. The van der Waals surface area contributed by atoms with Gasteiger partial charge in [0.05, 0.1) is 0 Å². The molecule has 2 aromatic carbocycles. The van der Waals surface area contributed by atoms with E-state index in [0.29, 0.717) is 11.9 Å². The zero-order valence-electron chi connectivity index (χ0n) is 18.7. The first-order chi connectivity index (χ1) is 15.2. The summed E-state index contributed by atoms with van der Waals surface area (Å²) in [6, 6.07) is 16.1. The zero-order valence-corrected chi connectivity index (χ0v) is 18.7. The quantitative estimate of drug-likeness (QED) is 0.545. The maximum Gasteiger partial charge on any atom is 0.124 e. The van der Waals surface area contributed by atoms with Crippen LogP contribution in [-0.2, 0) is 0 Å². The van der Waals surface area contributed by atoms with Crippen LogP contribution in [0.15, 0.2) is 77.9 Å². The first kappa shape index (κ1) is 21.5. The molecule has 31 heavy (non-hydrogen) atoms. The van der Waals surface area contributed by atoms with Crippen molar-refractivity contribution in [1.29, 1.82) is 0 Å². The van der Waals surface area contributed by atoms with Crippen LogP contribution in [0.25, 0.3) is 5.57 Å². The third kappa shape index (κ3) is 5.11. The minimum atomic E-state index is 0.291. The summed E-state index contributed by atoms with van der Waals surface area (Å²) in [6.45, 7) is 7.64. The number of aromatic hydroxyl groups is 1. The van der Waals surface area contributed by atoms with Gasteiger partial charge < -0.3 is 9.84 Å². The van der Waals surface area contributed by atoms with E-state index in [2.05, 4.69) is 61.2 Å². The van der Waals surface area contributed by atoms with Crippen LogP contribution >= 0.6 is 0 Å². The predicted octanol–water partition coefficient (Wildman–Crippen LogP) is 6.35. The number of ether oxygens (including phenoxy) is 1. The molecule has 3 nitrogen and oxygen atoms in total. The maximum atomic E-state index is 9.80. The van der Waals surface area contributed by atoms with E-state index in [-0.39, 0.29) is 0 Å². The molecular weight excluding hydrogens is 382 g/mol. The largest absolute Gasteiger partial charge is 0.508 e. The lowest BCUT2D eigenvalue weighted by atomic mass is 9.86. The molecule has 1 fully saturated rings. The minimum Gasteiger partial charge on any atom is -0.508 e. The molecule has 2 aliphatic rings. The molecule has 0 aromatic heterocycles. The average molecular weight is 416 g/mol. The van der Waals surface area contributed by atoms with E-state index >= 15 is 0 Å². The molecule has 1 N–H and O–H groups in total. The molecule has 0 saturated carbocycles. The zero-order chi connectivity index (χ0) is 21.6. The molecule has 2 aromatic rings. The lowest BCUT2D eigenvalue weighted by Crippen LogP contribution is -2.53. The minimum absolute atomic E-state index is 0.291. The normalized spacial score (nSPS) is 17.7. The van der Waals surface area contributed by atoms with Crippen LogP contribution in [0.4, 0.5) is 0 Å². The van der Waals surface area contributed by atoms with Gasteiger partial charge in [0.25, 0.3) is 0 Å². The van der Waals surface area contributed by atoms with Crippen molar-refractivity contribution in [2.75, 3.05) is 19.6 Å². The summed E-state index contributed by atoms with van der Waals surface area (Å²) in [7, 11) is 0. The summed E-state index contributed by atoms with van der Waals surface area (Å²) < 4.78 is 6.17. The molecule has 1 aliphatic heterocycles. The Morgan fingerprint density at radius 2 is 1.65 bits per heavy atom. The Morgan fingerprint density at radius 1 is 0.968 bits per heavy atom. The highest BCUT2D eigenvalue weighted by Crippen LogP contribution is 2.35. The number of phenolic OH excluding ortho intramolecular Hbond substituents is 1. The Kier molecular flexibility index (Phi) is 6.93. The second kappa shape index (κ2) is 10.0. The third-order valence-electron chi connectivity index (χ3n) is 6.06. The molecule has 0 atom stereocenters. The molecule has 0 radical (unpaired) electrons. The van der Waals surface area contributed by atoms with Gasteiger partial charge in [-0.3, -0.25) is 4.90 Å². The summed E-state index contributed by atoms with van der Waals surface area (Å²) in [6.07, 6.45) is 11.5. The molecule has 3 heteroatoms. The van der Waals surface area contributed by atoms with E-state index in [1.54, 1.807) is 12.1 Å². The smallest absolute Gasteiger partial charge is 0.124 e. The molecule has 0 amide bonds. The highest BCUT2D eigenvalue weighted by Gasteiger charge is 2.27. The van der Waals surface area contributed by atoms with Crippen LogP contribution in [0.3, 0.4) is 0 Å². The Labute approximate surface area is 186 Å². The van der Waals surface area contributed by atoms with Crippen LogP contribution in [0, 0.1) is 0 Å². The number of allylic oxidation sites excluding steroid dienone is 5. The summed E-state index contributed by atoms with van der Waals surface area (Å²) in [4.78, 5) is 2.43. The van der Waals surface area contributed by atoms with E-state index in [4.69, 9.17) is 4.74 Å². The molecule has 162 valence electrons. The van der Waals surface area contributed by atoms with Crippen molar-refractivity contribution in [2.24, 2.45) is 0 Å². The van der Waals surface area contributed by atoms with Crippen molar-refractivity contribution in [2.45, 2.75) is 45.6 Å². The molecule has 0 bridgehead atoms. The van der Waals surface area contributed by atoms with Crippen molar-refractivity contribution in [3.8, 4) is 11.5 Å². The lowest BCUT2D eigenvalue weighted by molar-refractivity contribution is 0.0202. The average Bonchev–Trinajstić information content (AvgIpc) is 2.78.